The van der Waals surface area contributed by atoms with Gasteiger partial charge in [0.1, 0.15) is 11.4 Å². The van der Waals surface area contributed by atoms with E-state index < -0.39 is 5.54 Å². The number of hydrogen-bond acceptors (Lipinski definition) is 3. The predicted molar refractivity (Wildman–Crippen MR) is 108 cm³/mol. The van der Waals surface area contributed by atoms with Crippen molar-refractivity contribution in [3.63, 3.8) is 0 Å². The first kappa shape index (κ1) is 18.1. The predicted octanol–water partition coefficient (Wildman–Crippen LogP) is 5.52. The Kier molecular flexibility index (Phi) is 4.47. The van der Waals surface area contributed by atoms with E-state index in [1.807, 2.05) is 49.4 Å². The standard InChI is InChI=1S/C22H22ClFN2O/c1-21(14-22(11-2-12-22)27-20(25)26-21)18-13-16(7-10-19(18)24)4-3-15-5-8-17(23)9-6-15/h3-10,13H,2,11-12,14H2,1H3,(H2,25,26). The highest BCUT2D eigenvalue weighted by Crippen LogP contribution is 2.49. The topological polar surface area (TPSA) is 47.6 Å². The van der Waals surface area contributed by atoms with Gasteiger partial charge in [-0.2, -0.15) is 0 Å². The highest BCUT2D eigenvalue weighted by Gasteiger charge is 2.50. The zero-order valence-electron chi connectivity index (χ0n) is 15.2. The van der Waals surface area contributed by atoms with Gasteiger partial charge in [-0.1, -0.05) is 42.0 Å². The van der Waals surface area contributed by atoms with Crippen molar-refractivity contribution in [2.45, 2.75) is 43.7 Å². The Morgan fingerprint density at radius 3 is 2.44 bits per heavy atom. The largest absolute Gasteiger partial charge is 0.459 e. The normalized spacial score (nSPS) is 23.7. The van der Waals surface area contributed by atoms with Crippen molar-refractivity contribution in [1.82, 2.24) is 0 Å². The minimum atomic E-state index is -0.725. The maximum absolute atomic E-state index is 14.7. The zero-order chi connectivity index (χ0) is 19.1. The summed E-state index contributed by atoms with van der Waals surface area (Å²) < 4.78 is 20.5. The second kappa shape index (κ2) is 6.68. The van der Waals surface area contributed by atoms with Gasteiger partial charge in [0.2, 0.25) is 0 Å². The molecule has 0 amide bonds. The molecular formula is C22H22ClFN2O. The molecule has 0 bridgehead atoms. The second-order valence-corrected chi connectivity index (χ2v) is 8.10. The average molecular weight is 385 g/mol. The number of hydrogen-bond donors (Lipinski definition) is 1. The van der Waals surface area contributed by atoms with E-state index in [0.717, 1.165) is 30.4 Å². The van der Waals surface area contributed by atoms with E-state index in [0.29, 0.717) is 17.0 Å². The van der Waals surface area contributed by atoms with Crippen LogP contribution >= 0.6 is 11.6 Å². The van der Waals surface area contributed by atoms with Gasteiger partial charge in [0.25, 0.3) is 6.02 Å². The van der Waals surface area contributed by atoms with Gasteiger partial charge in [0, 0.05) is 17.0 Å². The molecular weight excluding hydrogens is 363 g/mol. The molecule has 2 aliphatic rings. The Hall–Kier alpha value is -2.33. The molecule has 140 valence electrons. The summed E-state index contributed by atoms with van der Waals surface area (Å²) >= 11 is 5.92. The highest BCUT2D eigenvalue weighted by molar-refractivity contribution is 6.30. The first-order chi connectivity index (χ1) is 12.9. The fourth-order valence-corrected chi connectivity index (χ4v) is 4.15. The molecule has 1 spiro atoms. The van der Waals surface area contributed by atoms with Crippen LogP contribution in [0, 0.1) is 5.82 Å². The van der Waals surface area contributed by atoms with E-state index in [1.165, 1.54) is 6.07 Å². The first-order valence-electron chi connectivity index (χ1n) is 9.16. The van der Waals surface area contributed by atoms with Crippen LogP contribution in [0.2, 0.25) is 5.02 Å². The van der Waals surface area contributed by atoms with Crippen LogP contribution in [0.4, 0.5) is 4.39 Å². The van der Waals surface area contributed by atoms with E-state index in [2.05, 4.69) is 4.99 Å². The van der Waals surface area contributed by atoms with Gasteiger partial charge in [-0.3, -0.25) is 0 Å². The molecule has 2 N–H and O–H groups in total. The number of aliphatic imine (C=N–C) groups is 1. The van der Waals surface area contributed by atoms with Gasteiger partial charge in [-0.15, -0.1) is 0 Å². The number of nitrogens with zero attached hydrogens (tertiary/aromatic N) is 1. The molecule has 1 saturated carbocycles. The first-order valence-corrected chi connectivity index (χ1v) is 9.53. The molecule has 1 heterocycles. The van der Waals surface area contributed by atoms with Crippen LogP contribution in [0.3, 0.4) is 0 Å². The van der Waals surface area contributed by atoms with Crippen LogP contribution in [0.5, 0.6) is 0 Å². The summed E-state index contributed by atoms with van der Waals surface area (Å²) in [7, 11) is 0. The van der Waals surface area contributed by atoms with E-state index >= 15 is 0 Å². The maximum Gasteiger partial charge on any atom is 0.283 e. The molecule has 1 fully saturated rings. The van der Waals surface area contributed by atoms with Gasteiger partial charge in [0.15, 0.2) is 0 Å². The molecule has 1 aliphatic heterocycles. The number of amidine groups is 1. The SMILES string of the molecule is CC1(c2cc(C=Cc3ccc(Cl)cc3)ccc2F)CC2(CCC2)OC(N)=N1. The number of nitrogens with two attached hydrogens (primary N) is 1. The number of rotatable bonds is 3. The van der Waals surface area contributed by atoms with Crippen molar-refractivity contribution in [2.75, 3.05) is 0 Å². The van der Waals surface area contributed by atoms with E-state index in [-0.39, 0.29) is 17.4 Å². The summed E-state index contributed by atoms with van der Waals surface area (Å²) in [6.07, 6.45) is 7.57. The van der Waals surface area contributed by atoms with Crippen LogP contribution in [0.15, 0.2) is 47.5 Å². The van der Waals surface area contributed by atoms with Crippen molar-refractivity contribution in [3.05, 3.63) is 70.0 Å². The lowest BCUT2D eigenvalue weighted by Gasteiger charge is -2.48. The smallest absolute Gasteiger partial charge is 0.283 e. The fourth-order valence-electron chi connectivity index (χ4n) is 4.02. The van der Waals surface area contributed by atoms with E-state index in [1.54, 1.807) is 6.07 Å². The van der Waals surface area contributed by atoms with Gasteiger partial charge in [-0.25, -0.2) is 9.38 Å². The Morgan fingerprint density at radius 2 is 1.78 bits per heavy atom. The third-order valence-corrected chi connectivity index (χ3v) is 5.77. The molecule has 4 rings (SSSR count). The third kappa shape index (κ3) is 3.59. The van der Waals surface area contributed by atoms with Crippen molar-refractivity contribution in [3.8, 4) is 0 Å². The van der Waals surface area contributed by atoms with Crippen molar-refractivity contribution in [2.24, 2.45) is 10.7 Å². The van der Waals surface area contributed by atoms with Crippen LogP contribution < -0.4 is 5.73 Å². The molecule has 0 saturated heterocycles. The number of ether oxygens (including phenoxy) is 1. The lowest BCUT2D eigenvalue weighted by Crippen LogP contribution is -2.52. The van der Waals surface area contributed by atoms with Crippen molar-refractivity contribution < 1.29 is 9.13 Å². The Bertz CT molecular complexity index is 918. The monoisotopic (exact) mass is 384 g/mol. The molecule has 2 aromatic rings. The summed E-state index contributed by atoms with van der Waals surface area (Å²) in [4.78, 5) is 4.49. The van der Waals surface area contributed by atoms with Crippen LogP contribution in [0.1, 0.15) is 49.3 Å². The molecule has 1 atom stereocenters. The summed E-state index contributed by atoms with van der Waals surface area (Å²) in [6, 6.07) is 12.8. The molecule has 2 aromatic carbocycles. The maximum atomic E-state index is 14.7. The Labute approximate surface area is 163 Å². The molecule has 0 aromatic heterocycles. The molecule has 0 radical (unpaired) electrons. The fraction of sp³-hybridized carbons (Fsp3) is 0.318. The molecule has 27 heavy (non-hydrogen) atoms. The number of halogens is 2. The van der Waals surface area contributed by atoms with Gasteiger partial charge in [0.05, 0.1) is 5.54 Å². The van der Waals surface area contributed by atoms with E-state index in [9.17, 15) is 4.39 Å². The molecule has 1 unspecified atom stereocenters. The summed E-state index contributed by atoms with van der Waals surface area (Å²) in [5.74, 6) is -0.269. The minimum absolute atomic E-state index is 0.157. The van der Waals surface area contributed by atoms with E-state index in [4.69, 9.17) is 22.1 Å². The Balaban J connectivity index is 1.66. The Morgan fingerprint density at radius 1 is 1.11 bits per heavy atom. The van der Waals surface area contributed by atoms with Gasteiger partial charge < -0.3 is 10.5 Å². The van der Waals surface area contributed by atoms with Crippen molar-refractivity contribution in [1.29, 1.82) is 0 Å². The third-order valence-electron chi connectivity index (χ3n) is 5.52. The molecule has 5 heteroatoms. The molecule has 1 aliphatic carbocycles. The minimum Gasteiger partial charge on any atom is -0.459 e. The summed E-state index contributed by atoms with van der Waals surface area (Å²) in [5, 5.41) is 0.698. The zero-order valence-corrected chi connectivity index (χ0v) is 16.0. The van der Waals surface area contributed by atoms with Gasteiger partial charge in [-0.05, 0) is 61.6 Å². The average Bonchev–Trinajstić information content (AvgIpc) is 2.60. The number of benzene rings is 2. The summed E-state index contributed by atoms with van der Waals surface area (Å²) in [5.41, 5.74) is 7.42. The van der Waals surface area contributed by atoms with Gasteiger partial charge >= 0.3 is 0 Å². The highest BCUT2D eigenvalue weighted by atomic mass is 35.5. The quantitative estimate of drug-likeness (QED) is 0.708. The summed E-state index contributed by atoms with van der Waals surface area (Å²) in [6.45, 7) is 1.94. The van der Waals surface area contributed by atoms with Crippen molar-refractivity contribution >= 4 is 29.8 Å². The van der Waals surface area contributed by atoms with Crippen LogP contribution in [-0.2, 0) is 10.3 Å². The molecule has 3 nitrogen and oxygen atoms in total. The van der Waals surface area contributed by atoms with Crippen LogP contribution in [-0.4, -0.2) is 11.6 Å². The van der Waals surface area contributed by atoms with Crippen LogP contribution in [0.25, 0.3) is 12.2 Å². The second-order valence-electron chi connectivity index (χ2n) is 7.66. The lowest BCUT2D eigenvalue weighted by molar-refractivity contribution is -0.0583. The lowest BCUT2D eigenvalue weighted by atomic mass is 9.69.